The summed E-state index contributed by atoms with van der Waals surface area (Å²) in [6, 6.07) is 60.6. The molecule has 0 aliphatic heterocycles. The molecule has 0 saturated heterocycles. The summed E-state index contributed by atoms with van der Waals surface area (Å²) in [4.78, 5) is 29.0. The molecule has 0 saturated carbocycles. The maximum Gasteiger partial charge on any atom is 0.187 e. The van der Waals surface area contributed by atoms with E-state index in [1.54, 1.807) is 0 Å². The zero-order valence-corrected chi connectivity index (χ0v) is 29.0. The standard InChI is InChI=1S/C48H30N6/c1-49-37-23-15-22-35(30-37)42-31-36(47-53-45(33-18-7-3-8-19-33)52-46(54-47)34-20-9-4-10-21-34)28-29-39(42)38-24-11-12-25-40(38)48-50-43-27-14-13-26-41(43)44(51-48)32-16-5-2-6-17-32/h2-31H. The number of fused-ring (bicyclic) bond motifs is 1. The van der Waals surface area contributed by atoms with Crippen molar-refractivity contribution in [3.63, 3.8) is 0 Å². The van der Waals surface area contributed by atoms with Crippen molar-refractivity contribution < 1.29 is 0 Å². The molecule has 7 aromatic carbocycles. The van der Waals surface area contributed by atoms with Crippen LogP contribution in [0.2, 0.25) is 0 Å². The Kier molecular flexibility index (Phi) is 8.48. The Bertz CT molecular complexity index is 2770. The van der Waals surface area contributed by atoms with Gasteiger partial charge in [0.15, 0.2) is 29.0 Å². The number of nitrogens with zero attached hydrogens (tertiary/aromatic N) is 6. The summed E-state index contributed by atoms with van der Waals surface area (Å²) in [5.74, 6) is 2.36. The molecule has 9 rings (SSSR count). The number of hydrogen-bond acceptors (Lipinski definition) is 5. The predicted octanol–water partition coefficient (Wildman–Crippen LogP) is 12.0. The van der Waals surface area contributed by atoms with Gasteiger partial charge in [-0.15, -0.1) is 0 Å². The van der Waals surface area contributed by atoms with E-state index in [4.69, 9.17) is 31.5 Å². The van der Waals surface area contributed by atoms with Gasteiger partial charge in [0, 0.05) is 33.2 Å². The van der Waals surface area contributed by atoms with E-state index in [0.29, 0.717) is 29.0 Å². The van der Waals surface area contributed by atoms with Gasteiger partial charge in [0.05, 0.1) is 17.8 Å². The Morgan fingerprint density at radius 2 is 0.870 bits per heavy atom. The van der Waals surface area contributed by atoms with Crippen molar-refractivity contribution >= 4 is 16.6 Å². The first kappa shape index (κ1) is 32.3. The van der Waals surface area contributed by atoms with Crippen molar-refractivity contribution in [1.29, 1.82) is 0 Å². The van der Waals surface area contributed by atoms with Crippen molar-refractivity contribution in [1.82, 2.24) is 24.9 Å². The van der Waals surface area contributed by atoms with Crippen molar-refractivity contribution in [2.75, 3.05) is 0 Å². The highest BCUT2D eigenvalue weighted by Gasteiger charge is 2.19. The van der Waals surface area contributed by atoms with Crippen molar-refractivity contribution in [3.05, 3.63) is 193 Å². The minimum absolute atomic E-state index is 0.551. The number of hydrogen-bond donors (Lipinski definition) is 0. The molecule has 252 valence electrons. The van der Waals surface area contributed by atoms with Gasteiger partial charge in [0.1, 0.15) is 0 Å². The molecule has 0 unspecified atom stereocenters. The summed E-state index contributed by atoms with van der Waals surface area (Å²) in [5.41, 5.74) is 10.6. The fourth-order valence-corrected chi connectivity index (χ4v) is 6.76. The first-order valence-corrected chi connectivity index (χ1v) is 17.6. The molecule has 0 spiro atoms. The smallest absolute Gasteiger partial charge is 0.187 e. The number of benzene rings is 7. The molecular weight excluding hydrogens is 661 g/mol. The second kappa shape index (κ2) is 14.2. The fraction of sp³-hybridized carbons (Fsp3) is 0. The van der Waals surface area contributed by atoms with Crippen LogP contribution in [0.4, 0.5) is 5.69 Å². The molecule has 0 bridgehead atoms. The van der Waals surface area contributed by atoms with E-state index < -0.39 is 0 Å². The predicted molar refractivity (Wildman–Crippen MR) is 217 cm³/mol. The summed E-state index contributed by atoms with van der Waals surface area (Å²) in [7, 11) is 0. The van der Waals surface area contributed by atoms with Crippen LogP contribution in [-0.4, -0.2) is 24.9 Å². The summed E-state index contributed by atoms with van der Waals surface area (Å²) in [5, 5.41) is 0.994. The summed E-state index contributed by atoms with van der Waals surface area (Å²) >= 11 is 0. The molecule has 9 aromatic rings. The molecular formula is C48H30N6. The Labute approximate surface area is 313 Å². The second-order valence-electron chi connectivity index (χ2n) is 12.8. The Morgan fingerprint density at radius 3 is 1.54 bits per heavy atom. The third kappa shape index (κ3) is 6.27. The van der Waals surface area contributed by atoms with Gasteiger partial charge in [-0.25, -0.2) is 29.8 Å². The summed E-state index contributed by atoms with van der Waals surface area (Å²) < 4.78 is 0. The highest BCUT2D eigenvalue weighted by molar-refractivity contribution is 5.96. The molecule has 2 heterocycles. The maximum atomic E-state index is 7.79. The van der Waals surface area contributed by atoms with Gasteiger partial charge in [0.2, 0.25) is 0 Å². The Balaban J connectivity index is 1.26. The van der Waals surface area contributed by atoms with E-state index in [-0.39, 0.29) is 0 Å². The maximum absolute atomic E-state index is 7.79. The van der Waals surface area contributed by atoms with Gasteiger partial charge < -0.3 is 0 Å². The summed E-state index contributed by atoms with van der Waals surface area (Å²) in [6.07, 6.45) is 0. The van der Waals surface area contributed by atoms with Crippen molar-refractivity contribution in [2.45, 2.75) is 0 Å². The van der Waals surface area contributed by atoms with E-state index >= 15 is 0 Å². The van der Waals surface area contributed by atoms with E-state index in [1.165, 1.54) is 0 Å². The van der Waals surface area contributed by atoms with E-state index in [9.17, 15) is 0 Å². The average Bonchev–Trinajstić information content (AvgIpc) is 3.26. The third-order valence-electron chi connectivity index (χ3n) is 9.37. The number of para-hydroxylation sites is 1. The molecule has 0 amide bonds. The van der Waals surface area contributed by atoms with Gasteiger partial charge >= 0.3 is 0 Å². The lowest BCUT2D eigenvalue weighted by molar-refractivity contribution is 1.07. The van der Waals surface area contributed by atoms with Crippen LogP contribution in [0.1, 0.15) is 0 Å². The molecule has 0 N–H and O–H groups in total. The fourth-order valence-electron chi connectivity index (χ4n) is 6.76. The molecule has 54 heavy (non-hydrogen) atoms. The van der Waals surface area contributed by atoms with Gasteiger partial charge in [-0.05, 0) is 40.5 Å². The Morgan fingerprint density at radius 1 is 0.333 bits per heavy atom. The molecule has 0 fully saturated rings. The monoisotopic (exact) mass is 690 g/mol. The minimum atomic E-state index is 0.551. The lowest BCUT2D eigenvalue weighted by Crippen LogP contribution is -2.01. The van der Waals surface area contributed by atoms with Crippen LogP contribution < -0.4 is 0 Å². The zero-order valence-electron chi connectivity index (χ0n) is 29.0. The lowest BCUT2D eigenvalue weighted by Gasteiger charge is -2.17. The van der Waals surface area contributed by atoms with Gasteiger partial charge in [-0.3, -0.25) is 0 Å². The lowest BCUT2D eigenvalue weighted by atomic mass is 9.89. The zero-order chi connectivity index (χ0) is 36.3. The topological polar surface area (TPSA) is 68.8 Å². The number of aromatic nitrogens is 5. The van der Waals surface area contributed by atoms with Crippen LogP contribution in [-0.2, 0) is 0 Å². The first-order valence-electron chi connectivity index (χ1n) is 17.6. The van der Waals surface area contributed by atoms with Crippen molar-refractivity contribution in [2.24, 2.45) is 0 Å². The van der Waals surface area contributed by atoms with Gasteiger partial charge in [-0.1, -0.05) is 164 Å². The normalized spacial score (nSPS) is 10.9. The van der Waals surface area contributed by atoms with Gasteiger partial charge in [0.25, 0.3) is 0 Å². The summed E-state index contributed by atoms with van der Waals surface area (Å²) in [6.45, 7) is 7.79. The minimum Gasteiger partial charge on any atom is -0.238 e. The first-order chi connectivity index (χ1) is 26.7. The van der Waals surface area contributed by atoms with E-state index in [2.05, 4.69) is 53.4 Å². The molecule has 0 aliphatic rings. The third-order valence-corrected chi connectivity index (χ3v) is 9.37. The van der Waals surface area contributed by atoms with Crippen LogP contribution in [0.3, 0.4) is 0 Å². The highest BCUT2D eigenvalue weighted by atomic mass is 15.0. The van der Waals surface area contributed by atoms with Crippen LogP contribution in [0, 0.1) is 6.57 Å². The van der Waals surface area contributed by atoms with Crippen LogP contribution in [0.15, 0.2) is 182 Å². The van der Waals surface area contributed by atoms with Gasteiger partial charge in [-0.2, -0.15) is 0 Å². The SMILES string of the molecule is [C-]#[N+]c1cccc(-c2cc(-c3nc(-c4ccccc4)nc(-c4ccccc4)n3)ccc2-c2ccccc2-c2nc(-c3ccccc3)c3ccccc3n2)c1. The molecule has 0 atom stereocenters. The number of rotatable bonds is 7. The van der Waals surface area contributed by atoms with E-state index in [1.807, 2.05) is 133 Å². The van der Waals surface area contributed by atoms with Crippen LogP contribution in [0.5, 0.6) is 0 Å². The largest absolute Gasteiger partial charge is 0.238 e. The molecule has 6 nitrogen and oxygen atoms in total. The molecule has 0 aliphatic carbocycles. The highest BCUT2D eigenvalue weighted by Crippen LogP contribution is 2.41. The molecule has 0 radical (unpaired) electrons. The molecule has 2 aromatic heterocycles. The molecule has 6 heteroatoms. The van der Waals surface area contributed by atoms with E-state index in [0.717, 1.165) is 66.7 Å². The van der Waals surface area contributed by atoms with Crippen LogP contribution >= 0.6 is 0 Å². The Hall–Kier alpha value is -7.62. The van der Waals surface area contributed by atoms with Crippen molar-refractivity contribution in [3.8, 4) is 79.1 Å². The quantitative estimate of drug-likeness (QED) is 0.156. The van der Waals surface area contributed by atoms with Crippen LogP contribution in [0.25, 0.3) is 94.8 Å². The average molecular weight is 691 g/mol. The second-order valence-corrected chi connectivity index (χ2v) is 12.8.